The lowest BCUT2D eigenvalue weighted by atomic mass is 9.96. The molecule has 0 aliphatic rings. The SMILES string of the molecule is N#CC(C(=O)C(=O)Nc1c(Cl)cccc1Cl)c1ccccc1. The highest BCUT2D eigenvalue weighted by Gasteiger charge is 2.27. The molecule has 0 bridgehead atoms. The molecule has 1 amide bonds. The first-order valence-corrected chi connectivity index (χ1v) is 7.04. The van der Waals surface area contributed by atoms with Gasteiger partial charge >= 0.3 is 0 Å². The third kappa shape index (κ3) is 3.45. The number of nitrogens with zero attached hydrogens (tertiary/aromatic N) is 1. The molecule has 0 aliphatic carbocycles. The molecule has 6 heteroatoms. The zero-order valence-electron chi connectivity index (χ0n) is 11.2. The van der Waals surface area contributed by atoms with E-state index in [1.165, 1.54) is 12.1 Å². The van der Waals surface area contributed by atoms with Crippen LogP contribution in [0.5, 0.6) is 0 Å². The zero-order valence-corrected chi connectivity index (χ0v) is 12.7. The summed E-state index contributed by atoms with van der Waals surface area (Å²) in [5.41, 5.74) is 0.601. The summed E-state index contributed by atoms with van der Waals surface area (Å²) in [6.45, 7) is 0. The van der Waals surface area contributed by atoms with Crippen molar-refractivity contribution in [3.8, 4) is 6.07 Å². The zero-order chi connectivity index (χ0) is 16.1. The second-order valence-electron chi connectivity index (χ2n) is 4.39. The number of nitrogens with one attached hydrogen (secondary N) is 1. The number of ketones is 1. The van der Waals surface area contributed by atoms with Crippen LogP contribution in [0.3, 0.4) is 0 Å². The standard InChI is InChI=1S/C16H10Cl2N2O2/c17-12-7-4-8-13(18)14(12)20-16(22)15(21)11(9-19)10-5-2-1-3-6-10/h1-8,11H,(H,20,22). The molecule has 0 aliphatic heterocycles. The Kier molecular flexibility index (Phi) is 5.16. The Balaban J connectivity index is 2.22. The molecule has 1 atom stereocenters. The molecule has 110 valence electrons. The van der Waals surface area contributed by atoms with Gasteiger partial charge in [-0.15, -0.1) is 0 Å². The second kappa shape index (κ2) is 7.08. The number of hydrogen-bond acceptors (Lipinski definition) is 3. The van der Waals surface area contributed by atoms with Crippen molar-refractivity contribution in [1.29, 1.82) is 5.26 Å². The van der Waals surface area contributed by atoms with E-state index >= 15 is 0 Å². The van der Waals surface area contributed by atoms with Crippen molar-refractivity contribution in [1.82, 2.24) is 0 Å². The Hall–Kier alpha value is -2.35. The lowest BCUT2D eigenvalue weighted by molar-refractivity contribution is -0.135. The molecule has 22 heavy (non-hydrogen) atoms. The Morgan fingerprint density at radius 2 is 1.59 bits per heavy atom. The summed E-state index contributed by atoms with van der Waals surface area (Å²) in [4.78, 5) is 24.2. The van der Waals surface area contributed by atoms with E-state index < -0.39 is 17.6 Å². The summed E-state index contributed by atoms with van der Waals surface area (Å²) in [5.74, 6) is -2.99. The van der Waals surface area contributed by atoms with E-state index in [2.05, 4.69) is 5.32 Å². The molecule has 0 heterocycles. The summed E-state index contributed by atoms with van der Waals surface area (Å²) < 4.78 is 0. The van der Waals surface area contributed by atoms with Crippen LogP contribution in [-0.4, -0.2) is 11.7 Å². The lowest BCUT2D eigenvalue weighted by Crippen LogP contribution is -2.28. The number of Topliss-reactive ketones (excluding diaryl/α,β-unsaturated/α-hetero) is 1. The topological polar surface area (TPSA) is 70.0 Å². The van der Waals surface area contributed by atoms with Crippen LogP contribution in [0.15, 0.2) is 48.5 Å². The fourth-order valence-electron chi connectivity index (χ4n) is 1.85. The minimum atomic E-state index is -1.18. The number of rotatable bonds is 4. The van der Waals surface area contributed by atoms with Crippen LogP contribution in [0.1, 0.15) is 11.5 Å². The van der Waals surface area contributed by atoms with Gasteiger partial charge in [0.25, 0.3) is 5.91 Å². The van der Waals surface area contributed by atoms with Crippen molar-refractivity contribution < 1.29 is 9.59 Å². The van der Waals surface area contributed by atoms with Crippen LogP contribution in [-0.2, 0) is 9.59 Å². The van der Waals surface area contributed by atoms with E-state index in [0.29, 0.717) is 5.56 Å². The molecular weight excluding hydrogens is 323 g/mol. The number of halogens is 2. The fourth-order valence-corrected chi connectivity index (χ4v) is 2.35. The Bertz CT molecular complexity index is 734. The molecule has 0 radical (unpaired) electrons. The molecule has 1 N–H and O–H groups in total. The smallest absolute Gasteiger partial charge is 0.293 e. The van der Waals surface area contributed by atoms with Gasteiger partial charge in [0.1, 0.15) is 5.92 Å². The van der Waals surface area contributed by atoms with Gasteiger partial charge in [-0.1, -0.05) is 59.6 Å². The molecule has 2 aromatic rings. The maximum absolute atomic E-state index is 12.2. The van der Waals surface area contributed by atoms with Gasteiger partial charge in [-0.05, 0) is 17.7 Å². The van der Waals surface area contributed by atoms with E-state index in [1.54, 1.807) is 36.4 Å². The van der Waals surface area contributed by atoms with E-state index in [9.17, 15) is 14.9 Å². The van der Waals surface area contributed by atoms with E-state index in [-0.39, 0.29) is 15.7 Å². The number of nitriles is 1. The van der Waals surface area contributed by atoms with Crippen LogP contribution in [0.2, 0.25) is 10.0 Å². The lowest BCUT2D eigenvalue weighted by Gasteiger charge is -2.11. The average molecular weight is 333 g/mol. The molecule has 0 fully saturated rings. The van der Waals surface area contributed by atoms with Crippen molar-refractivity contribution in [3.05, 3.63) is 64.1 Å². The maximum atomic E-state index is 12.2. The Labute approximate surface area is 137 Å². The van der Waals surface area contributed by atoms with Crippen molar-refractivity contribution in [3.63, 3.8) is 0 Å². The highest BCUT2D eigenvalue weighted by molar-refractivity contribution is 6.46. The van der Waals surface area contributed by atoms with Crippen LogP contribution in [0.25, 0.3) is 0 Å². The van der Waals surface area contributed by atoms with Crippen molar-refractivity contribution >= 4 is 40.6 Å². The predicted molar refractivity (Wildman–Crippen MR) is 84.9 cm³/mol. The number of benzene rings is 2. The molecular formula is C16H10Cl2N2O2. The van der Waals surface area contributed by atoms with E-state index in [4.69, 9.17) is 23.2 Å². The molecule has 2 rings (SSSR count). The van der Waals surface area contributed by atoms with Crippen LogP contribution >= 0.6 is 23.2 Å². The van der Waals surface area contributed by atoms with Gasteiger partial charge in [0.2, 0.25) is 5.78 Å². The van der Waals surface area contributed by atoms with Crippen LogP contribution in [0, 0.1) is 11.3 Å². The number of carbonyl (C=O) groups is 2. The van der Waals surface area contributed by atoms with Gasteiger partial charge in [-0.2, -0.15) is 5.26 Å². The summed E-state index contributed by atoms with van der Waals surface area (Å²) in [5, 5.41) is 12.0. The molecule has 0 saturated carbocycles. The molecule has 0 spiro atoms. The maximum Gasteiger partial charge on any atom is 0.293 e. The average Bonchev–Trinajstić information content (AvgIpc) is 2.52. The summed E-state index contributed by atoms with van der Waals surface area (Å²) in [6.07, 6.45) is 0. The quantitative estimate of drug-likeness (QED) is 0.865. The normalized spacial score (nSPS) is 11.3. The molecule has 4 nitrogen and oxygen atoms in total. The van der Waals surface area contributed by atoms with E-state index in [1.807, 2.05) is 6.07 Å². The second-order valence-corrected chi connectivity index (χ2v) is 5.20. The predicted octanol–water partition coefficient (Wildman–Crippen LogP) is 3.81. The van der Waals surface area contributed by atoms with Gasteiger partial charge < -0.3 is 5.32 Å². The summed E-state index contributed by atoms with van der Waals surface area (Å²) in [7, 11) is 0. The first-order chi connectivity index (χ1) is 10.5. The van der Waals surface area contributed by atoms with E-state index in [0.717, 1.165) is 0 Å². The van der Waals surface area contributed by atoms with Gasteiger partial charge in [0, 0.05) is 0 Å². The Morgan fingerprint density at radius 3 is 2.14 bits per heavy atom. The molecule has 1 unspecified atom stereocenters. The van der Waals surface area contributed by atoms with Crippen LogP contribution < -0.4 is 5.32 Å². The molecule has 2 aromatic carbocycles. The third-order valence-electron chi connectivity index (χ3n) is 2.95. The minimum Gasteiger partial charge on any atom is -0.317 e. The third-order valence-corrected chi connectivity index (χ3v) is 3.58. The molecule has 0 saturated heterocycles. The van der Waals surface area contributed by atoms with Crippen molar-refractivity contribution in [2.75, 3.05) is 5.32 Å². The van der Waals surface area contributed by atoms with Gasteiger partial charge in [0.15, 0.2) is 0 Å². The van der Waals surface area contributed by atoms with Gasteiger partial charge in [-0.3, -0.25) is 9.59 Å². The van der Waals surface area contributed by atoms with Crippen molar-refractivity contribution in [2.45, 2.75) is 5.92 Å². The largest absolute Gasteiger partial charge is 0.317 e. The highest BCUT2D eigenvalue weighted by atomic mass is 35.5. The first-order valence-electron chi connectivity index (χ1n) is 6.28. The Morgan fingerprint density at radius 1 is 1.00 bits per heavy atom. The number of anilines is 1. The number of carbonyl (C=O) groups excluding carboxylic acids is 2. The molecule has 0 aromatic heterocycles. The minimum absolute atomic E-state index is 0.147. The van der Waals surface area contributed by atoms with Gasteiger partial charge in [-0.25, -0.2) is 0 Å². The monoisotopic (exact) mass is 332 g/mol. The summed E-state index contributed by atoms with van der Waals surface area (Å²) >= 11 is 11.9. The summed E-state index contributed by atoms with van der Waals surface area (Å²) in [6, 6.07) is 14.9. The van der Waals surface area contributed by atoms with Gasteiger partial charge in [0.05, 0.1) is 21.8 Å². The first kappa shape index (κ1) is 16.0. The number of para-hydroxylation sites is 1. The highest BCUT2D eigenvalue weighted by Crippen LogP contribution is 2.30. The number of amides is 1. The fraction of sp³-hybridized carbons (Fsp3) is 0.0625. The number of hydrogen-bond donors (Lipinski definition) is 1. The van der Waals surface area contributed by atoms with Crippen LogP contribution in [0.4, 0.5) is 5.69 Å². The van der Waals surface area contributed by atoms with Crippen molar-refractivity contribution in [2.24, 2.45) is 0 Å².